The first-order chi connectivity index (χ1) is 9.97. The molecule has 1 heterocycles. The van der Waals surface area contributed by atoms with Crippen LogP contribution in [0.4, 0.5) is 4.39 Å². The van der Waals surface area contributed by atoms with Gasteiger partial charge >= 0.3 is 5.97 Å². The molecule has 1 aromatic carbocycles. The molecule has 6 nitrogen and oxygen atoms in total. The van der Waals surface area contributed by atoms with E-state index >= 15 is 0 Å². The molecule has 21 heavy (non-hydrogen) atoms. The molecule has 2 aromatic rings. The molecule has 0 aliphatic carbocycles. The highest BCUT2D eigenvalue weighted by molar-refractivity contribution is 7.99. The largest absolute Gasteiger partial charge is 0.481 e. The molecule has 0 spiro atoms. The van der Waals surface area contributed by atoms with Crippen molar-refractivity contribution in [3.8, 4) is 0 Å². The van der Waals surface area contributed by atoms with Crippen LogP contribution in [0.25, 0.3) is 11.0 Å². The molecule has 3 N–H and O–H groups in total. The van der Waals surface area contributed by atoms with Crippen molar-refractivity contribution < 1.29 is 19.1 Å². The van der Waals surface area contributed by atoms with Gasteiger partial charge in [0.05, 0.1) is 16.8 Å². The first-order valence-electron chi connectivity index (χ1n) is 6.26. The lowest BCUT2D eigenvalue weighted by Crippen LogP contribution is -2.12. The second kappa shape index (κ2) is 6.57. The Balaban J connectivity index is 2.30. The topological polar surface area (TPSA) is 98.2 Å². The number of primary amides is 1. The van der Waals surface area contributed by atoms with E-state index in [1.165, 1.54) is 12.1 Å². The third-order valence-corrected chi connectivity index (χ3v) is 3.77. The Hall–Kier alpha value is -2.09. The minimum absolute atomic E-state index is 0.137. The van der Waals surface area contributed by atoms with Gasteiger partial charge in [-0.1, -0.05) is 11.8 Å². The molecule has 0 fully saturated rings. The number of aliphatic carboxylic acids is 1. The fourth-order valence-electron chi connectivity index (χ4n) is 1.94. The molecule has 0 saturated heterocycles. The van der Waals surface area contributed by atoms with Gasteiger partial charge in [0.2, 0.25) is 5.91 Å². The summed E-state index contributed by atoms with van der Waals surface area (Å²) >= 11 is 1.06. The summed E-state index contributed by atoms with van der Waals surface area (Å²) in [6.45, 7) is 0.421. The number of nitrogens with two attached hydrogens (primary N) is 1. The summed E-state index contributed by atoms with van der Waals surface area (Å²) in [7, 11) is 0. The number of imidazole rings is 1. The van der Waals surface area contributed by atoms with E-state index in [2.05, 4.69) is 4.98 Å². The molecule has 0 aliphatic rings. The zero-order valence-corrected chi connectivity index (χ0v) is 11.9. The summed E-state index contributed by atoms with van der Waals surface area (Å²) in [5.41, 5.74) is 6.26. The van der Waals surface area contributed by atoms with Crippen LogP contribution in [0, 0.1) is 5.82 Å². The fraction of sp³-hybridized carbons (Fsp3) is 0.308. The Bertz CT molecular complexity index is 687. The first-order valence-corrected chi connectivity index (χ1v) is 7.24. The molecule has 1 amide bonds. The summed E-state index contributed by atoms with van der Waals surface area (Å²) in [5, 5.41) is 9.24. The normalized spacial score (nSPS) is 10.9. The smallest absolute Gasteiger partial charge is 0.313 e. The molecule has 0 unspecified atom stereocenters. The third-order valence-electron chi connectivity index (χ3n) is 2.80. The molecule has 112 valence electrons. The lowest BCUT2D eigenvalue weighted by molar-refractivity contribution is -0.133. The van der Waals surface area contributed by atoms with Crippen molar-refractivity contribution in [2.75, 3.05) is 5.75 Å². The Kier molecular flexibility index (Phi) is 4.79. The van der Waals surface area contributed by atoms with Gasteiger partial charge < -0.3 is 15.4 Å². The van der Waals surface area contributed by atoms with Crippen LogP contribution in [0.5, 0.6) is 0 Å². The van der Waals surface area contributed by atoms with Gasteiger partial charge in [-0.2, -0.15) is 0 Å². The van der Waals surface area contributed by atoms with Crippen LogP contribution in [-0.2, 0) is 16.1 Å². The van der Waals surface area contributed by atoms with Crippen LogP contribution in [0.15, 0.2) is 23.4 Å². The monoisotopic (exact) mass is 311 g/mol. The molecular weight excluding hydrogens is 297 g/mol. The van der Waals surface area contributed by atoms with E-state index in [1.54, 1.807) is 10.6 Å². The number of nitrogens with zero attached hydrogens (tertiary/aromatic N) is 2. The molecule has 8 heteroatoms. The van der Waals surface area contributed by atoms with Crippen molar-refractivity contribution in [2.24, 2.45) is 5.73 Å². The number of carboxylic acid groups (broad SMARTS) is 1. The highest BCUT2D eigenvalue weighted by atomic mass is 32.2. The van der Waals surface area contributed by atoms with Crippen molar-refractivity contribution in [1.82, 2.24) is 9.55 Å². The Morgan fingerprint density at radius 1 is 1.43 bits per heavy atom. The van der Waals surface area contributed by atoms with Gasteiger partial charge in [-0.15, -0.1) is 0 Å². The molecule has 0 saturated carbocycles. The Labute approximate surface area is 124 Å². The maximum Gasteiger partial charge on any atom is 0.313 e. The van der Waals surface area contributed by atoms with Gasteiger partial charge in [0.15, 0.2) is 5.16 Å². The second-order valence-corrected chi connectivity index (χ2v) is 5.37. The summed E-state index contributed by atoms with van der Waals surface area (Å²) in [6, 6.07) is 4.19. The van der Waals surface area contributed by atoms with Gasteiger partial charge in [0, 0.05) is 13.0 Å². The Morgan fingerprint density at radius 2 is 2.19 bits per heavy atom. The van der Waals surface area contributed by atoms with Gasteiger partial charge in [-0.05, 0) is 24.6 Å². The summed E-state index contributed by atoms with van der Waals surface area (Å²) in [4.78, 5) is 25.8. The molecule has 0 radical (unpaired) electrons. The van der Waals surface area contributed by atoms with E-state index in [9.17, 15) is 14.0 Å². The average molecular weight is 311 g/mol. The van der Waals surface area contributed by atoms with Gasteiger partial charge in [0.25, 0.3) is 0 Å². The first kappa shape index (κ1) is 15.3. The molecule has 2 rings (SSSR count). The average Bonchev–Trinajstić information content (AvgIpc) is 2.74. The number of hydrogen-bond acceptors (Lipinski definition) is 4. The number of carboxylic acids is 1. The van der Waals surface area contributed by atoms with Crippen LogP contribution in [-0.4, -0.2) is 32.3 Å². The maximum atomic E-state index is 13.4. The quantitative estimate of drug-likeness (QED) is 0.757. The SMILES string of the molecule is NC(=O)CCCn1c(SCC(=O)O)nc2ccc(F)cc21. The van der Waals surface area contributed by atoms with Crippen LogP contribution < -0.4 is 5.73 Å². The minimum Gasteiger partial charge on any atom is -0.481 e. The van der Waals surface area contributed by atoms with Crippen molar-refractivity contribution in [3.63, 3.8) is 0 Å². The number of halogens is 1. The van der Waals surface area contributed by atoms with Crippen molar-refractivity contribution in [1.29, 1.82) is 0 Å². The standard InChI is InChI=1S/C13H14FN3O3S/c14-8-3-4-9-10(6-8)17(5-1-2-11(15)18)13(16-9)21-7-12(19)20/h3-4,6H,1-2,5,7H2,(H2,15,18)(H,19,20). The van der Waals surface area contributed by atoms with E-state index in [4.69, 9.17) is 10.8 Å². The number of aromatic nitrogens is 2. The number of amides is 1. The lowest BCUT2D eigenvalue weighted by atomic mass is 10.2. The number of aryl methyl sites for hydroxylation is 1. The van der Waals surface area contributed by atoms with E-state index in [1.807, 2.05) is 0 Å². The highest BCUT2D eigenvalue weighted by Crippen LogP contribution is 2.25. The van der Waals surface area contributed by atoms with Crippen molar-refractivity contribution in [3.05, 3.63) is 24.0 Å². The summed E-state index contributed by atoms with van der Waals surface area (Å²) in [6.07, 6.45) is 0.690. The van der Waals surface area contributed by atoms with E-state index in [0.717, 1.165) is 11.8 Å². The predicted octanol–water partition coefficient (Wildman–Crippen LogP) is 1.62. The number of thioether (sulfide) groups is 1. The van der Waals surface area contributed by atoms with E-state index in [-0.39, 0.29) is 12.2 Å². The molecular formula is C13H14FN3O3S. The maximum absolute atomic E-state index is 13.4. The molecule has 1 aromatic heterocycles. The van der Waals surface area contributed by atoms with E-state index in [0.29, 0.717) is 29.2 Å². The van der Waals surface area contributed by atoms with Gasteiger partial charge in [-0.3, -0.25) is 9.59 Å². The lowest BCUT2D eigenvalue weighted by Gasteiger charge is -2.07. The van der Waals surface area contributed by atoms with Crippen LogP contribution in [0.3, 0.4) is 0 Å². The number of benzene rings is 1. The van der Waals surface area contributed by atoms with Crippen molar-refractivity contribution in [2.45, 2.75) is 24.5 Å². The molecule has 0 aliphatic heterocycles. The van der Waals surface area contributed by atoms with Gasteiger partial charge in [0.1, 0.15) is 5.82 Å². The van der Waals surface area contributed by atoms with Crippen LogP contribution in [0.2, 0.25) is 0 Å². The van der Waals surface area contributed by atoms with Crippen LogP contribution >= 0.6 is 11.8 Å². The zero-order valence-electron chi connectivity index (χ0n) is 11.1. The predicted molar refractivity (Wildman–Crippen MR) is 76.5 cm³/mol. The third kappa shape index (κ3) is 3.94. The molecule has 0 atom stereocenters. The number of rotatable bonds is 7. The minimum atomic E-state index is -0.957. The summed E-state index contributed by atoms with van der Waals surface area (Å²) < 4.78 is 15.1. The van der Waals surface area contributed by atoms with Gasteiger partial charge in [-0.25, -0.2) is 9.37 Å². The fourth-order valence-corrected chi connectivity index (χ4v) is 2.70. The van der Waals surface area contributed by atoms with Crippen LogP contribution in [0.1, 0.15) is 12.8 Å². The summed E-state index contributed by atoms with van der Waals surface area (Å²) in [5.74, 6) is -1.90. The molecule has 0 bridgehead atoms. The number of carbonyl (C=O) groups is 2. The Morgan fingerprint density at radius 3 is 2.86 bits per heavy atom. The second-order valence-electron chi connectivity index (χ2n) is 4.43. The number of fused-ring (bicyclic) bond motifs is 1. The number of hydrogen-bond donors (Lipinski definition) is 2. The number of carbonyl (C=O) groups excluding carboxylic acids is 1. The van der Waals surface area contributed by atoms with E-state index < -0.39 is 17.7 Å². The highest BCUT2D eigenvalue weighted by Gasteiger charge is 2.13. The zero-order chi connectivity index (χ0) is 15.4. The van der Waals surface area contributed by atoms with Crippen molar-refractivity contribution >= 4 is 34.7 Å².